The SMILES string of the molecule is Cc1cc(=O)cc(C(=O)N2CCc3[nH]nc(-c4ccccc4)c3CC2)o1. The Morgan fingerprint density at radius 3 is 2.69 bits per heavy atom. The van der Waals surface area contributed by atoms with Gasteiger partial charge in [0.05, 0.1) is 5.69 Å². The van der Waals surface area contributed by atoms with Gasteiger partial charge >= 0.3 is 0 Å². The Balaban J connectivity index is 1.58. The standard InChI is InChI=1S/C20H19N3O3/c1-13-11-15(24)12-18(26-13)20(25)23-9-7-16-17(8-10-23)21-22-19(16)14-5-3-2-4-6-14/h2-6,11-12H,7-10H2,1H3,(H,21,22). The van der Waals surface area contributed by atoms with Gasteiger partial charge in [0, 0.05) is 48.5 Å². The molecule has 0 aliphatic carbocycles. The van der Waals surface area contributed by atoms with Crippen molar-refractivity contribution in [1.82, 2.24) is 15.1 Å². The van der Waals surface area contributed by atoms with Gasteiger partial charge in [-0.1, -0.05) is 30.3 Å². The summed E-state index contributed by atoms with van der Waals surface area (Å²) in [6, 6.07) is 12.7. The minimum absolute atomic E-state index is 0.0990. The molecule has 3 heterocycles. The summed E-state index contributed by atoms with van der Waals surface area (Å²) < 4.78 is 5.45. The van der Waals surface area contributed by atoms with E-state index in [9.17, 15) is 9.59 Å². The minimum atomic E-state index is -0.245. The fourth-order valence-corrected chi connectivity index (χ4v) is 3.39. The Kier molecular flexibility index (Phi) is 4.16. The van der Waals surface area contributed by atoms with Gasteiger partial charge in [0.25, 0.3) is 5.91 Å². The molecule has 4 rings (SSSR count). The van der Waals surface area contributed by atoms with Gasteiger partial charge in [0.2, 0.25) is 0 Å². The number of fused-ring (bicyclic) bond motifs is 1. The molecular weight excluding hydrogens is 330 g/mol. The van der Waals surface area contributed by atoms with E-state index in [0.29, 0.717) is 31.7 Å². The van der Waals surface area contributed by atoms with Gasteiger partial charge < -0.3 is 9.32 Å². The Labute approximate surface area is 150 Å². The number of carbonyl (C=O) groups excluding carboxylic acids is 1. The molecule has 6 nitrogen and oxygen atoms in total. The number of carbonyl (C=O) groups is 1. The van der Waals surface area contributed by atoms with Crippen LogP contribution in [0.2, 0.25) is 0 Å². The molecule has 0 saturated carbocycles. The lowest BCUT2D eigenvalue weighted by molar-refractivity contribution is 0.0726. The fourth-order valence-electron chi connectivity index (χ4n) is 3.39. The number of H-pyrrole nitrogens is 1. The van der Waals surface area contributed by atoms with Crippen molar-refractivity contribution in [1.29, 1.82) is 0 Å². The molecule has 3 aromatic rings. The van der Waals surface area contributed by atoms with E-state index in [1.807, 2.05) is 30.3 Å². The Morgan fingerprint density at radius 2 is 1.92 bits per heavy atom. The molecule has 6 heteroatoms. The van der Waals surface area contributed by atoms with Gasteiger partial charge in [-0.3, -0.25) is 14.7 Å². The molecule has 26 heavy (non-hydrogen) atoms. The predicted molar refractivity (Wildman–Crippen MR) is 97.1 cm³/mol. The molecule has 0 fully saturated rings. The van der Waals surface area contributed by atoms with E-state index >= 15 is 0 Å². The van der Waals surface area contributed by atoms with Crippen LogP contribution in [0.15, 0.2) is 51.7 Å². The first-order chi connectivity index (χ1) is 12.6. The number of benzene rings is 1. The van der Waals surface area contributed by atoms with Crippen molar-refractivity contribution in [3.8, 4) is 11.3 Å². The molecule has 2 aromatic heterocycles. The van der Waals surface area contributed by atoms with E-state index in [2.05, 4.69) is 10.2 Å². The van der Waals surface area contributed by atoms with Crippen LogP contribution in [0, 0.1) is 6.92 Å². The molecule has 0 spiro atoms. The summed E-state index contributed by atoms with van der Waals surface area (Å²) >= 11 is 0. The number of hydrogen-bond acceptors (Lipinski definition) is 4. The molecule has 1 aromatic carbocycles. The van der Waals surface area contributed by atoms with E-state index in [1.54, 1.807) is 11.8 Å². The van der Waals surface area contributed by atoms with E-state index in [-0.39, 0.29) is 17.1 Å². The lowest BCUT2D eigenvalue weighted by Gasteiger charge is -2.19. The topological polar surface area (TPSA) is 79.2 Å². The maximum Gasteiger partial charge on any atom is 0.289 e. The molecule has 132 valence electrons. The molecule has 0 saturated heterocycles. The van der Waals surface area contributed by atoms with E-state index < -0.39 is 0 Å². The number of nitrogens with one attached hydrogen (secondary N) is 1. The van der Waals surface area contributed by atoms with Crippen molar-refractivity contribution in [3.63, 3.8) is 0 Å². The van der Waals surface area contributed by atoms with Gasteiger partial charge in [0.15, 0.2) is 11.2 Å². The van der Waals surface area contributed by atoms with Crippen LogP contribution in [-0.4, -0.2) is 34.1 Å². The Morgan fingerprint density at radius 1 is 1.15 bits per heavy atom. The molecule has 0 bridgehead atoms. The third kappa shape index (κ3) is 3.06. The second kappa shape index (κ2) is 6.63. The number of aromatic nitrogens is 2. The second-order valence-electron chi connectivity index (χ2n) is 6.46. The van der Waals surface area contributed by atoms with Gasteiger partial charge in [-0.2, -0.15) is 5.10 Å². The summed E-state index contributed by atoms with van der Waals surface area (Å²) in [7, 11) is 0. The molecule has 0 radical (unpaired) electrons. The van der Waals surface area contributed by atoms with Crippen LogP contribution in [0.1, 0.15) is 27.6 Å². The molecule has 0 unspecified atom stereocenters. The van der Waals surface area contributed by atoms with Crippen molar-refractivity contribution in [2.24, 2.45) is 0 Å². The van der Waals surface area contributed by atoms with Crippen molar-refractivity contribution in [2.75, 3.05) is 13.1 Å². The normalized spacial score (nSPS) is 14.0. The highest BCUT2D eigenvalue weighted by atomic mass is 16.3. The third-order valence-electron chi connectivity index (χ3n) is 4.65. The summed E-state index contributed by atoms with van der Waals surface area (Å²) in [5.41, 5.74) is 4.00. The molecule has 1 aliphatic rings. The van der Waals surface area contributed by atoms with E-state index in [0.717, 1.165) is 22.5 Å². The molecule has 1 N–H and O–H groups in total. The Hall–Kier alpha value is -3.15. The highest BCUT2D eigenvalue weighted by molar-refractivity contribution is 5.91. The van der Waals surface area contributed by atoms with Crippen LogP contribution < -0.4 is 5.43 Å². The van der Waals surface area contributed by atoms with E-state index in [1.165, 1.54) is 12.1 Å². The number of aromatic amines is 1. The van der Waals surface area contributed by atoms with E-state index in [4.69, 9.17) is 4.42 Å². The summed E-state index contributed by atoms with van der Waals surface area (Å²) in [6.45, 7) is 2.78. The summed E-state index contributed by atoms with van der Waals surface area (Å²) in [5.74, 6) is 0.295. The molecule has 1 aliphatic heterocycles. The second-order valence-corrected chi connectivity index (χ2v) is 6.46. The first kappa shape index (κ1) is 16.3. The lowest BCUT2D eigenvalue weighted by Crippen LogP contribution is -2.34. The van der Waals surface area contributed by atoms with Crippen LogP contribution in [0.5, 0.6) is 0 Å². The van der Waals surface area contributed by atoms with Gasteiger partial charge in [0.1, 0.15) is 5.76 Å². The van der Waals surface area contributed by atoms with Crippen molar-refractivity contribution in [3.05, 3.63) is 75.5 Å². The highest BCUT2D eigenvalue weighted by Gasteiger charge is 2.25. The smallest absolute Gasteiger partial charge is 0.289 e. The molecular formula is C20H19N3O3. The zero-order valence-corrected chi connectivity index (χ0v) is 14.5. The highest BCUT2D eigenvalue weighted by Crippen LogP contribution is 2.26. The lowest BCUT2D eigenvalue weighted by atomic mass is 10.0. The maximum atomic E-state index is 12.8. The van der Waals surface area contributed by atoms with Crippen molar-refractivity contribution in [2.45, 2.75) is 19.8 Å². The summed E-state index contributed by atoms with van der Waals surface area (Å²) in [4.78, 5) is 26.1. The minimum Gasteiger partial charge on any atom is -0.456 e. The quantitative estimate of drug-likeness (QED) is 0.771. The number of amides is 1. The number of aryl methyl sites for hydroxylation is 1. The van der Waals surface area contributed by atoms with Crippen LogP contribution >= 0.6 is 0 Å². The number of rotatable bonds is 2. The first-order valence-corrected chi connectivity index (χ1v) is 8.64. The van der Waals surface area contributed by atoms with Crippen molar-refractivity contribution < 1.29 is 9.21 Å². The number of hydrogen-bond donors (Lipinski definition) is 1. The van der Waals surface area contributed by atoms with Crippen LogP contribution in [-0.2, 0) is 12.8 Å². The zero-order valence-electron chi connectivity index (χ0n) is 14.5. The van der Waals surface area contributed by atoms with Gasteiger partial charge in [-0.05, 0) is 13.3 Å². The first-order valence-electron chi connectivity index (χ1n) is 8.64. The van der Waals surface area contributed by atoms with Crippen molar-refractivity contribution >= 4 is 5.91 Å². The largest absolute Gasteiger partial charge is 0.456 e. The molecule has 1 amide bonds. The zero-order chi connectivity index (χ0) is 18.1. The summed E-state index contributed by atoms with van der Waals surface area (Å²) in [6.07, 6.45) is 1.40. The average molecular weight is 349 g/mol. The Bertz CT molecular complexity index is 1000. The van der Waals surface area contributed by atoms with Crippen LogP contribution in [0.3, 0.4) is 0 Å². The monoisotopic (exact) mass is 349 g/mol. The van der Waals surface area contributed by atoms with Crippen LogP contribution in [0.25, 0.3) is 11.3 Å². The average Bonchev–Trinajstić information content (AvgIpc) is 2.93. The predicted octanol–water partition coefficient (Wildman–Crippen LogP) is 2.58. The molecule has 0 atom stereocenters. The fraction of sp³-hybridized carbons (Fsp3) is 0.250. The maximum absolute atomic E-state index is 12.8. The number of nitrogens with zero attached hydrogens (tertiary/aromatic N) is 2. The van der Waals surface area contributed by atoms with Gasteiger partial charge in [-0.15, -0.1) is 0 Å². The third-order valence-corrected chi connectivity index (χ3v) is 4.65. The van der Waals surface area contributed by atoms with Gasteiger partial charge in [-0.25, -0.2) is 0 Å². The summed E-state index contributed by atoms with van der Waals surface area (Å²) in [5, 5.41) is 7.59. The van der Waals surface area contributed by atoms with Crippen LogP contribution in [0.4, 0.5) is 0 Å².